The summed E-state index contributed by atoms with van der Waals surface area (Å²) in [5.41, 5.74) is -1.44. The van der Waals surface area contributed by atoms with Crippen molar-refractivity contribution in [1.82, 2.24) is 0 Å². The lowest BCUT2D eigenvalue weighted by Gasteiger charge is -2.62. The number of benzene rings is 2. The van der Waals surface area contributed by atoms with E-state index in [4.69, 9.17) is 0 Å². The van der Waals surface area contributed by atoms with Gasteiger partial charge in [-0.2, -0.15) is 0 Å². The average molecular weight is 515 g/mol. The van der Waals surface area contributed by atoms with Crippen LogP contribution in [0.25, 0.3) is 16.9 Å². The molecule has 0 bridgehead atoms. The Morgan fingerprint density at radius 1 is 1.05 bits per heavy atom. The fourth-order valence-corrected chi connectivity index (χ4v) is 7.42. The number of phenols is 1. The van der Waals surface area contributed by atoms with Gasteiger partial charge in [0.25, 0.3) is 0 Å². The topological polar surface area (TPSA) is 115 Å². The number of aryl methyl sites for hydroxylation is 1. The van der Waals surface area contributed by atoms with Crippen molar-refractivity contribution in [2.75, 3.05) is 0 Å². The summed E-state index contributed by atoms with van der Waals surface area (Å²) in [5.74, 6) is -2.31. The van der Waals surface area contributed by atoms with Crippen molar-refractivity contribution in [3.8, 4) is 16.9 Å². The molecule has 0 unspecified atom stereocenters. The molecule has 3 aliphatic rings. The summed E-state index contributed by atoms with van der Waals surface area (Å²) in [6.07, 6.45) is -1.19. The van der Waals surface area contributed by atoms with Gasteiger partial charge >= 0.3 is 0 Å². The molecule has 1 fully saturated rings. The molecule has 0 amide bonds. The molecule has 3 aliphatic carbocycles. The summed E-state index contributed by atoms with van der Waals surface area (Å²) >= 11 is 0. The fraction of sp³-hybridized carbons (Fsp3) is 0.375. The molecule has 198 valence electrons. The first-order chi connectivity index (χ1) is 17.6. The maximum Gasteiger partial charge on any atom is 0.199 e. The molecule has 0 heterocycles. The number of Topliss-reactive ketones (excluding diaryl/α,β-unsaturated/α-hetero) is 2. The number of carbonyl (C=O) groups is 2. The normalized spacial score (nSPS) is 32.6. The van der Waals surface area contributed by atoms with Crippen LogP contribution in [0.2, 0.25) is 0 Å². The SMILES string of the molecule is C=C1C(C(C)=O)=C(C)C[C@@]2(C)[C@H](O)[C@]3(C)C(=C(O)c4c(ccc(-c5ccc(C)cc5)c4O)[C@H]3C)C(=O)[C@@]12O. The second kappa shape index (κ2) is 8.01. The third-order valence-corrected chi connectivity index (χ3v) is 9.65. The van der Waals surface area contributed by atoms with E-state index in [1.54, 1.807) is 26.8 Å². The van der Waals surface area contributed by atoms with Crippen LogP contribution >= 0.6 is 0 Å². The Hall–Kier alpha value is -3.48. The van der Waals surface area contributed by atoms with Crippen LogP contribution < -0.4 is 0 Å². The van der Waals surface area contributed by atoms with Crippen molar-refractivity contribution >= 4 is 17.3 Å². The second-order valence-electron chi connectivity index (χ2n) is 11.7. The van der Waals surface area contributed by atoms with Crippen LogP contribution in [0.3, 0.4) is 0 Å². The number of allylic oxidation sites excluding steroid dienone is 1. The lowest BCUT2D eigenvalue weighted by molar-refractivity contribution is -0.185. The number of fused-ring (bicyclic) bond motifs is 3. The van der Waals surface area contributed by atoms with Gasteiger partial charge in [0.05, 0.1) is 17.2 Å². The molecule has 0 aliphatic heterocycles. The standard InChI is InChI=1S/C32H34O6/c1-15-8-10-20(11-9-15)22-13-12-21-17(3)31(7)25(27(35)24(21)26(22)34)28(36)32(38)18(4)23(19(5)33)16(2)14-30(32,6)29(31)37/h8-13,17,29,34-35,37-38H,4,14H2,1-3,5-7H3/t17-,29+,30+,31+,32+/m1/s1. The van der Waals surface area contributed by atoms with Crippen LogP contribution in [0, 0.1) is 17.8 Å². The van der Waals surface area contributed by atoms with Gasteiger partial charge in [-0.3, -0.25) is 9.59 Å². The molecule has 2 aromatic carbocycles. The van der Waals surface area contributed by atoms with Gasteiger partial charge < -0.3 is 20.4 Å². The first-order valence-electron chi connectivity index (χ1n) is 12.9. The van der Waals surface area contributed by atoms with Crippen LogP contribution in [0.1, 0.15) is 63.6 Å². The molecule has 5 rings (SSSR count). The highest BCUT2D eigenvalue weighted by Gasteiger charge is 2.72. The zero-order chi connectivity index (χ0) is 28.1. The van der Waals surface area contributed by atoms with Crippen molar-refractivity contribution in [2.45, 2.75) is 65.6 Å². The second-order valence-corrected chi connectivity index (χ2v) is 11.7. The third kappa shape index (κ3) is 2.90. The minimum Gasteiger partial charge on any atom is -0.507 e. The van der Waals surface area contributed by atoms with Gasteiger partial charge in [-0.15, -0.1) is 0 Å². The van der Waals surface area contributed by atoms with E-state index in [0.29, 0.717) is 16.7 Å². The van der Waals surface area contributed by atoms with E-state index in [9.17, 15) is 30.0 Å². The van der Waals surface area contributed by atoms with Crippen LogP contribution in [0.15, 0.2) is 65.3 Å². The van der Waals surface area contributed by atoms with E-state index < -0.39 is 40.0 Å². The summed E-state index contributed by atoms with van der Waals surface area (Å²) in [7, 11) is 0. The van der Waals surface area contributed by atoms with Crippen LogP contribution in [-0.4, -0.2) is 43.7 Å². The number of rotatable bonds is 2. The Bertz CT molecular complexity index is 1510. The van der Waals surface area contributed by atoms with Crippen LogP contribution in [0.4, 0.5) is 0 Å². The Morgan fingerprint density at radius 3 is 2.24 bits per heavy atom. The zero-order valence-electron chi connectivity index (χ0n) is 22.6. The molecule has 5 atom stereocenters. The van der Waals surface area contributed by atoms with E-state index in [-0.39, 0.29) is 40.2 Å². The number of aromatic hydroxyl groups is 1. The summed E-state index contributed by atoms with van der Waals surface area (Å²) in [5, 5.41) is 47.3. The van der Waals surface area contributed by atoms with Gasteiger partial charge in [0.1, 0.15) is 11.5 Å². The molecule has 6 heteroatoms. The van der Waals surface area contributed by atoms with Gasteiger partial charge in [0, 0.05) is 22.0 Å². The van der Waals surface area contributed by atoms with Gasteiger partial charge in [0.15, 0.2) is 17.2 Å². The maximum atomic E-state index is 14.4. The van der Waals surface area contributed by atoms with E-state index >= 15 is 0 Å². The minimum absolute atomic E-state index is 0.0706. The monoisotopic (exact) mass is 514 g/mol. The quantitative estimate of drug-likeness (QED) is 0.432. The molecule has 38 heavy (non-hydrogen) atoms. The summed E-state index contributed by atoms with van der Waals surface area (Å²) in [4.78, 5) is 26.9. The molecular weight excluding hydrogens is 480 g/mol. The first kappa shape index (κ1) is 26.1. The van der Waals surface area contributed by atoms with Crippen molar-refractivity contribution in [2.24, 2.45) is 10.8 Å². The van der Waals surface area contributed by atoms with Crippen molar-refractivity contribution < 1.29 is 30.0 Å². The number of aliphatic hydroxyl groups excluding tert-OH is 2. The van der Waals surface area contributed by atoms with Crippen molar-refractivity contribution in [3.63, 3.8) is 0 Å². The van der Waals surface area contributed by atoms with Gasteiger partial charge in [-0.25, -0.2) is 0 Å². The largest absolute Gasteiger partial charge is 0.507 e. The lowest BCUT2D eigenvalue weighted by atomic mass is 9.42. The molecule has 0 saturated heterocycles. The van der Waals surface area contributed by atoms with Gasteiger partial charge in [0.2, 0.25) is 0 Å². The average Bonchev–Trinajstić information content (AvgIpc) is 2.85. The number of hydrogen-bond acceptors (Lipinski definition) is 6. The van der Waals surface area contributed by atoms with Crippen molar-refractivity contribution in [3.05, 3.63) is 82.0 Å². The molecule has 0 spiro atoms. The minimum atomic E-state index is -2.32. The fourth-order valence-electron chi connectivity index (χ4n) is 7.42. The third-order valence-electron chi connectivity index (χ3n) is 9.65. The van der Waals surface area contributed by atoms with Crippen molar-refractivity contribution in [1.29, 1.82) is 0 Å². The smallest absolute Gasteiger partial charge is 0.199 e. The number of hydrogen-bond donors (Lipinski definition) is 4. The molecule has 2 aromatic rings. The number of carbonyl (C=O) groups excluding carboxylic acids is 2. The van der Waals surface area contributed by atoms with Crippen LogP contribution in [-0.2, 0) is 9.59 Å². The predicted molar refractivity (Wildman–Crippen MR) is 146 cm³/mol. The van der Waals surface area contributed by atoms with E-state index in [2.05, 4.69) is 6.58 Å². The molecule has 1 saturated carbocycles. The number of ketones is 2. The highest BCUT2D eigenvalue weighted by atomic mass is 16.3. The highest BCUT2D eigenvalue weighted by molar-refractivity contribution is 6.15. The van der Waals surface area contributed by atoms with Gasteiger partial charge in [-0.1, -0.05) is 74.9 Å². The summed E-state index contributed by atoms with van der Waals surface area (Å²) in [6.45, 7) is 14.2. The molecule has 6 nitrogen and oxygen atoms in total. The lowest BCUT2D eigenvalue weighted by Crippen LogP contribution is -2.71. The van der Waals surface area contributed by atoms with E-state index in [1.807, 2.05) is 44.2 Å². The predicted octanol–water partition coefficient (Wildman–Crippen LogP) is 5.31. The Morgan fingerprint density at radius 2 is 1.66 bits per heavy atom. The zero-order valence-corrected chi connectivity index (χ0v) is 22.6. The van der Waals surface area contributed by atoms with Gasteiger partial charge in [-0.05, 0) is 49.8 Å². The van der Waals surface area contributed by atoms with E-state index in [0.717, 1.165) is 11.1 Å². The molecule has 4 N–H and O–H groups in total. The Balaban J connectivity index is 1.80. The molecule has 0 radical (unpaired) electrons. The number of phenolic OH excluding ortho intramolecular Hbond substituents is 1. The summed E-state index contributed by atoms with van der Waals surface area (Å²) < 4.78 is 0. The summed E-state index contributed by atoms with van der Waals surface area (Å²) in [6, 6.07) is 11.2. The highest BCUT2D eigenvalue weighted by Crippen LogP contribution is 2.67. The van der Waals surface area contributed by atoms with Crippen LogP contribution in [0.5, 0.6) is 5.75 Å². The number of aliphatic hydroxyl groups is 3. The first-order valence-corrected chi connectivity index (χ1v) is 12.9. The maximum absolute atomic E-state index is 14.4. The van der Waals surface area contributed by atoms with E-state index in [1.165, 1.54) is 6.92 Å². The molecule has 0 aromatic heterocycles. The molecular formula is C32H34O6. The Kier molecular flexibility index (Phi) is 5.51. The Labute approximate surface area is 222 Å².